The number of hydrogen-bond donors (Lipinski definition) is 3. The van der Waals surface area contributed by atoms with Gasteiger partial charge in [-0.2, -0.15) is 0 Å². The lowest BCUT2D eigenvalue weighted by Gasteiger charge is -2.18. The number of urea groups is 1. The zero-order chi connectivity index (χ0) is 21.8. The molecule has 2 atom stereocenters. The molecule has 1 aromatic carbocycles. The molecule has 0 spiro atoms. The maximum atomic E-state index is 14.8. The van der Waals surface area contributed by atoms with Gasteiger partial charge in [-0.25, -0.2) is 19.0 Å². The van der Waals surface area contributed by atoms with E-state index in [1.165, 1.54) is 25.3 Å². The highest BCUT2D eigenvalue weighted by Gasteiger charge is 2.23. The third-order valence-corrected chi connectivity index (χ3v) is 5.56. The molecule has 3 amide bonds. The number of carbonyl (C=O) groups is 2. The third kappa shape index (κ3) is 5.09. The summed E-state index contributed by atoms with van der Waals surface area (Å²) >= 11 is 7.62. The summed E-state index contributed by atoms with van der Waals surface area (Å²) in [7, 11) is 0. The van der Waals surface area contributed by atoms with Crippen molar-refractivity contribution in [1.29, 1.82) is 0 Å². The predicted octanol–water partition coefficient (Wildman–Crippen LogP) is 4.44. The van der Waals surface area contributed by atoms with Crippen LogP contribution < -0.4 is 16.2 Å². The standard InChI is InChI=1S/C20H19ClF2N4O2S/c1-10(25-20(29)27-26-11(2)28)19-17(23)5-13(8-24-19)15-6-14(21)7-16(22)18(15)12-3-4-30-9-12/h3-8,10,12H,9H2,1-2H3,(H,26,28)(H2,25,27,29)/t10-,12?/m1/s1. The molecular formula is C20H19ClF2N4O2S. The van der Waals surface area contributed by atoms with Crippen molar-refractivity contribution in [2.75, 3.05) is 5.75 Å². The molecule has 1 aromatic heterocycles. The summed E-state index contributed by atoms with van der Waals surface area (Å²) in [6, 6.07) is 2.59. The molecule has 0 saturated carbocycles. The Hall–Kier alpha value is -2.65. The second kappa shape index (κ2) is 9.44. The zero-order valence-corrected chi connectivity index (χ0v) is 17.7. The number of nitrogens with one attached hydrogen (secondary N) is 3. The van der Waals surface area contributed by atoms with Gasteiger partial charge in [-0.3, -0.25) is 15.2 Å². The van der Waals surface area contributed by atoms with E-state index in [1.54, 1.807) is 24.8 Å². The second-order valence-corrected chi connectivity index (χ2v) is 8.08. The first-order valence-corrected chi connectivity index (χ1v) is 10.4. The van der Waals surface area contributed by atoms with Gasteiger partial charge in [-0.05, 0) is 36.1 Å². The quantitative estimate of drug-likeness (QED) is 0.599. The van der Waals surface area contributed by atoms with Gasteiger partial charge in [-0.1, -0.05) is 17.7 Å². The summed E-state index contributed by atoms with van der Waals surface area (Å²) in [6.07, 6.45) is 3.32. The molecule has 10 heteroatoms. The topological polar surface area (TPSA) is 83.1 Å². The fourth-order valence-corrected chi connectivity index (χ4v) is 4.21. The van der Waals surface area contributed by atoms with E-state index in [1.807, 2.05) is 11.5 Å². The van der Waals surface area contributed by atoms with Crippen LogP contribution in [0.5, 0.6) is 0 Å². The van der Waals surface area contributed by atoms with Gasteiger partial charge >= 0.3 is 6.03 Å². The largest absolute Gasteiger partial charge is 0.334 e. The summed E-state index contributed by atoms with van der Waals surface area (Å²) in [6.45, 7) is 2.78. The van der Waals surface area contributed by atoms with Crippen molar-refractivity contribution in [3.05, 3.63) is 63.8 Å². The number of halogens is 3. The molecule has 1 aliphatic rings. The van der Waals surface area contributed by atoms with Gasteiger partial charge in [0, 0.05) is 40.9 Å². The Labute approximate surface area is 181 Å². The highest BCUT2D eigenvalue weighted by Crippen LogP contribution is 2.39. The van der Waals surface area contributed by atoms with Gasteiger partial charge in [0.1, 0.15) is 11.6 Å². The normalized spacial score (nSPS) is 16.2. The minimum atomic E-state index is -0.780. The molecule has 0 saturated heterocycles. The number of benzene rings is 1. The van der Waals surface area contributed by atoms with E-state index in [4.69, 9.17) is 11.6 Å². The average molecular weight is 453 g/mol. The number of carbonyl (C=O) groups excluding carboxylic acids is 2. The molecule has 1 unspecified atom stereocenters. The Bertz CT molecular complexity index is 1020. The summed E-state index contributed by atoms with van der Waals surface area (Å²) in [5, 5.41) is 4.58. The maximum Gasteiger partial charge on any atom is 0.334 e. The predicted molar refractivity (Wildman–Crippen MR) is 113 cm³/mol. The number of pyridine rings is 1. The van der Waals surface area contributed by atoms with Crippen LogP contribution in [0.15, 0.2) is 35.9 Å². The Morgan fingerprint density at radius 2 is 2.00 bits per heavy atom. The molecule has 2 heterocycles. The van der Waals surface area contributed by atoms with Crippen LogP contribution in [0.1, 0.15) is 37.1 Å². The molecule has 3 N–H and O–H groups in total. The number of thioether (sulfide) groups is 1. The van der Waals surface area contributed by atoms with Gasteiger partial charge in [-0.15, -0.1) is 11.8 Å². The average Bonchev–Trinajstić information content (AvgIpc) is 3.19. The molecule has 1 aliphatic heterocycles. The van der Waals surface area contributed by atoms with Gasteiger partial charge in [0.25, 0.3) is 0 Å². The number of aromatic nitrogens is 1. The first-order chi connectivity index (χ1) is 14.3. The Morgan fingerprint density at radius 3 is 2.63 bits per heavy atom. The molecule has 6 nitrogen and oxygen atoms in total. The van der Waals surface area contributed by atoms with Crippen molar-refractivity contribution in [3.63, 3.8) is 0 Å². The van der Waals surface area contributed by atoms with Crippen molar-refractivity contribution in [2.45, 2.75) is 25.8 Å². The molecule has 0 fully saturated rings. The summed E-state index contributed by atoms with van der Waals surface area (Å²) in [5.41, 5.74) is 5.54. The van der Waals surface area contributed by atoms with E-state index >= 15 is 0 Å². The van der Waals surface area contributed by atoms with Crippen LogP contribution in [0.25, 0.3) is 11.1 Å². The Balaban J connectivity index is 1.88. The smallest absolute Gasteiger partial charge is 0.329 e. The SMILES string of the molecule is CC(=O)NNC(=O)N[C@H](C)c1ncc(-c2cc(Cl)cc(F)c2C2C=CSC2)cc1F. The van der Waals surface area contributed by atoms with E-state index in [0.717, 1.165) is 0 Å². The van der Waals surface area contributed by atoms with E-state index in [0.29, 0.717) is 22.4 Å². The molecule has 158 valence electrons. The number of allylic oxidation sites excluding steroid dienone is 1. The summed E-state index contributed by atoms with van der Waals surface area (Å²) in [4.78, 5) is 26.7. The maximum absolute atomic E-state index is 14.8. The number of amides is 3. The molecule has 0 aliphatic carbocycles. The summed E-state index contributed by atoms with van der Waals surface area (Å²) < 4.78 is 29.5. The van der Waals surface area contributed by atoms with Crippen molar-refractivity contribution in [2.24, 2.45) is 0 Å². The number of hydrazine groups is 1. The van der Waals surface area contributed by atoms with Crippen molar-refractivity contribution in [3.8, 4) is 11.1 Å². The second-order valence-electron chi connectivity index (χ2n) is 6.71. The summed E-state index contributed by atoms with van der Waals surface area (Å²) in [5.74, 6) is -1.04. The van der Waals surface area contributed by atoms with Crippen LogP contribution in [-0.4, -0.2) is 22.7 Å². The van der Waals surface area contributed by atoms with E-state index < -0.39 is 29.6 Å². The molecule has 0 radical (unpaired) electrons. The first kappa shape index (κ1) is 22.0. The van der Waals surface area contributed by atoms with E-state index in [2.05, 4.69) is 21.2 Å². The van der Waals surface area contributed by atoms with Crippen LogP contribution in [0.4, 0.5) is 13.6 Å². The minimum absolute atomic E-state index is 0.00269. The van der Waals surface area contributed by atoms with Crippen molar-refractivity contribution in [1.82, 2.24) is 21.2 Å². The van der Waals surface area contributed by atoms with Gasteiger partial charge in [0.2, 0.25) is 5.91 Å². The third-order valence-electron chi connectivity index (χ3n) is 4.44. The van der Waals surface area contributed by atoms with Crippen LogP contribution in [0.3, 0.4) is 0 Å². The fraction of sp³-hybridized carbons (Fsp3) is 0.250. The number of hydrogen-bond acceptors (Lipinski definition) is 4. The van der Waals surface area contributed by atoms with Crippen molar-refractivity contribution < 1.29 is 18.4 Å². The highest BCUT2D eigenvalue weighted by atomic mass is 35.5. The van der Waals surface area contributed by atoms with Gasteiger partial charge < -0.3 is 5.32 Å². The van der Waals surface area contributed by atoms with E-state index in [-0.39, 0.29) is 16.6 Å². The lowest BCUT2D eigenvalue weighted by molar-refractivity contribution is -0.119. The zero-order valence-electron chi connectivity index (χ0n) is 16.1. The monoisotopic (exact) mass is 452 g/mol. The fourth-order valence-electron chi connectivity index (χ4n) is 3.11. The van der Waals surface area contributed by atoms with E-state index in [9.17, 15) is 18.4 Å². The molecule has 0 bridgehead atoms. The number of rotatable bonds is 4. The minimum Gasteiger partial charge on any atom is -0.329 e. The number of nitrogens with zero attached hydrogens (tertiary/aromatic N) is 1. The molecule has 3 rings (SSSR count). The first-order valence-electron chi connectivity index (χ1n) is 9.02. The van der Waals surface area contributed by atoms with Crippen LogP contribution in [0, 0.1) is 11.6 Å². The van der Waals surface area contributed by atoms with Gasteiger partial charge in [0.15, 0.2) is 0 Å². The van der Waals surface area contributed by atoms with Crippen LogP contribution in [0.2, 0.25) is 5.02 Å². The lowest BCUT2D eigenvalue weighted by atomic mass is 9.91. The lowest BCUT2D eigenvalue weighted by Crippen LogP contribution is -2.46. The molecular weight excluding hydrogens is 434 g/mol. The van der Waals surface area contributed by atoms with Gasteiger partial charge in [0.05, 0.1) is 11.7 Å². The van der Waals surface area contributed by atoms with Crippen LogP contribution >= 0.6 is 23.4 Å². The molecule has 30 heavy (non-hydrogen) atoms. The Kier molecular flexibility index (Phi) is 6.94. The molecule has 2 aromatic rings. The van der Waals surface area contributed by atoms with Crippen LogP contribution in [-0.2, 0) is 4.79 Å². The highest BCUT2D eigenvalue weighted by molar-refractivity contribution is 8.02. The van der Waals surface area contributed by atoms with Crippen molar-refractivity contribution >= 4 is 35.3 Å². The Morgan fingerprint density at radius 1 is 1.23 bits per heavy atom.